The monoisotopic (exact) mass is 661 g/mol. The molecule has 19 heteroatoms. The third-order valence-electron chi connectivity index (χ3n) is 6.46. The van der Waals surface area contributed by atoms with Crippen molar-refractivity contribution in [3.8, 4) is 34.2 Å². The molecule has 47 heavy (non-hydrogen) atoms. The maximum Gasteiger partial charge on any atom is 0.417 e. The highest BCUT2D eigenvalue weighted by Crippen LogP contribution is 2.35. The van der Waals surface area contributed by atoms with E-state index in [2.05, 4.69) is 25.6 Å². The number of aromatic nitrogens is 7. The smallest absolute Gasteiger partial charge is 0.417 e. The number of ether oxygens (including phenoxy) is 1. The van der Waals surface area contributed by atoms with E-state index in [-0.39, 0.29) is 46.3 Å². The van der Waals surface area contributed by atoms with Gasteiger partial charge < -0.3 is 14.9 Å². The lowest BCUT2D eigenvalue weighted by Gasteiger charge is -2.12. The number of benzene rings is 2. The first kappa shape index (κ1) is 32.3. The van der Waals surface area contributed by atoms with Crippen LogP contribution in [0.25, 0.3) is 34.2 Å². The Bertz CT molecular complexity index is 1900. The van der Waals surface area contributed by atoms with Gasteiger partial charge in [0.2, 0.25) is 0 Å². The lowest BCUT2D eigenvalue weighted by molar-refractivity contribution is -0.138. The zero-order valence-corrected chi connectivity index (χ0v) is 23.4. The van der Waals surface area contributed by atoms with Crippen LogP contribution in [0.4, 0.5) is 26.3 Å². The van der Waals surface area contributed by atoms with Gasteiger partial charge in [0, 0.05) is 0 Å². The lowest BCUT2D eigenvalue weighted by atomic mass is 10.1. The SMILES string of the molecule is CCOC(=O)c1cc(-c2cn(-c3ccc(C(=O)O)c(C(F)(F)F)c3)nn2)nc(-c2cn(-c3ccc(C(=O)O)c(C(F)(F)F)c3)nn2)c1. The van der Waals surface area contributed by atoms with Crippen LogP contribution in [0.1, 0.15) is 49.1 Å². The molecule has 2 aromatic carbocycles. The van der Waals surface area contributed by atoms with Crippen molar-refractivity contribution in [3.63, 3.8) is 0 Å². The summed E-state index contributed by atoms with van der Waals surface area (Å²) in [5.74, 6) is -4.38. The molecule has 3 heterocycles. The van der Waals surface area contributed by atoms with Crippen LogP contribution < -0.4 is 0 Å². The van der Waals surface area contributed by atoms with Crippen molar-refractivity contribution < 1.29 is 55.7 Å². The van der Waals surface area contributed by atoms with Crippen LogP contribution in [0.2, 0.25) is 0 Å². The van der Waals surface area contributed by atoms with E-state index in [0.717, 1.165) is 46.0 Å². The number of nitrogens with zero attached hydrogens (tertiary/aromatic N) is 7. The number of alkyl halides is 6. The highest BCUT2D eigenvalue weighted by Gasteiger charge is 2.37. The van der Waals surface area contributed by atoms with Crippen molar-refractivity contribution in [1.82, 2.24) is 35.0 Å². The van der Waals surface area contributed by atoms with Crippen molar-refractivity contribution in [3.05, 3.63) is 88.7 Å². The topological polar surface area (TPSA) is 175 Å². The summed E-state index contributed by atoms with van der Waals surface area (Å²) in [6.45, 7) is 1.54. The zero-order valence-electron chi connectivity index (χ0n) is 23.4. The van der Waals surface area contributed by atoms with Gasteiger partial charge in [0.25, 0.3) is 0 Å². The van der Waals surface area contributed by atoms with Crippen LogP contribution in [-0.2, 0) is 17.1 Å². The number of halogens is 6. The number of carbonyl (C=O) groups excluding carboxylic acids is 1. The Kier molecular flexibility index (Phi) is 8.23. The molecule has 0 saturated heterocycles. The van der Waals surface area contributed by atoms with Gasteiger partial charge in [-0.3, -0.25) is 0 Å². The molecule has 0 spiro atoms. The molecule has 0 amide bonds. The van der Waals surface area contributed by atoms with E-state index >= 15 is 0 Å². The average Bonchev–Trinajstić information content (AvgIpc) is 3.71. The van der Waals surface area contributed by atoms with Gasteiger partial charge in [-0.05, 0) is 55.5 Å². The van der Waals surface area contributed by atoms with E-state index in [4.69, 9.17) is 14.9 Å². The number of hydrogen-bond donors (Lipinski definition) is 2. The maximum atomic E-state index is 13.5. The highest BCUT2D eigenvalue weighted by molar-refractivity contribution is 5.92. The molecule has 0 atom stereocenters. The minimum absolute atomic E-state index is 0.0139. The van der Waals surface area contributed by atoms with Crippen LogP contribution in [0.5, 0.6) is 0 Å². The predicted molar refractivity (Wildman–Crippen MR) is 145 cm³/mol. The molecule has 5 rings (SSSR count). The molecule has 0 fully saturated rings. The molecule has 0 unspecified atom stereocenters. The quantitative estimate of drug-likeness (QED) is 0.165. The van der Waals surface area contributed by atoms with E-state index in [1.54, 1.807) is 6.92 Å². The Morgan fingerprint density at radius 2 is 1.13 bits per heavy atom. The molecular weight excluding hydrogens is 644 g/mol. The molecule has 2 N–H and O–H groups in total. The van der Waals surface area contributed by atoms with Gasteiger partial charge in [-0.1, -0.05) is 10.4 Å². The van der Waals surface area contributed by atoms with Crippen LogP contribution in [-0.4, -0.2) is 69.7 Å². The van der Waals surface area contributed by atoms with Crippen LogP contribution in [0, 0.1) is 0 Å². The molecular formula is C28H17F6N7O6. The normalized spacial score (nSPS) is 11.8. The van der Waals surface area contributed by atoms with Gasteiger partial charge in [-0.15, -0.1) is 10.2 Å². The lowest BCUT2D eigenvalue weighted by Crippen LogP contribution is -2.14. The number of rotatable bonds is 8. The third-order valence-corrected chi connectivity index (χ3v) is 6.46. The number of esters is 1. The van der Waals surface area contributed by atoms with E-state index in [0.29, 0.717) is 12.1 Å². The Hall–Kier alpha value is -6.14. The first-order chi connectivity index (χ1) is 22.1. The molecule has 0 aliphatic carbocycles. The minimum atomic E-state index is -5.00. The molecule has 0 bridgehead atoms. The summed E-state index contributed by atoms with van der Waals surface area (Å²) in [7, 11) is 0. The molecule has 3 aromatic heterocycles. The second-order valence-corrected chi connectivity index (χ2v) is 9.51. The van der Waals surface area contributed by atoms with Gasteiger partial charge in [-0.25, -0.2) is 28.7 Å². The van der Waals surface area contributed by atoms with Gasteiger partial charge in [0.05, 0.1) is 69.6 Å². The number of carboxylic acid groups (broad SMARTS) is 2. The molecule has 0 aliphatic heterocycles. The summed E-state index contributed by atoms with van der Waals surface area (Å²) in [5.41, 5.74) is -5.48. The van der Waals surface area contributed by atoms with E-state index < -0.39 is 52.5 Å². The highest BCUT2D eigenvalue weighted by atomic mass is 19.4. The first-order valence-corrected chi connectivity index (χ1v) is 13.0. The molecule has 0 aliphatic rings. The van der Waals surface area contributed by atoms with Crippen LogP contribution in [0.3, 0.4) is 0 Å². The van der Waals surface area contributed by atoms with Crippen LogP contribution in [0.15, 0.2) is 60.9 Å². The van der Waals surface area contributed by atoms with Crippen molar-refractivity contribution >= 4 is 17.9 Å². The van der Waals surface area contributed by atoms with E-state index in [9.17, 15) is 40.7 Å². The summed E-state index contributed by atoms with van der Waals surface area (Å²) in [5, 5.41) is 33.7. The average molecular weight is 661 g/mol. The zero-order chi connectivity index (χ0) is 34.3. The van der Waals surface area contributed by atoms with Crippen molar-refractivity contribution in [2.24, 2.45) is 0 Å². The standard InChI is InChI=1S/C28H17F6N7O6/c1-2-47-26(46)13-7-20(22-11-40(38-36-22)14-3-5-16(24(42)43)18(9-14)27(29,30)31)35-21(8-13)23-12-41(39-37-23)15-4-6-17(25(44)45)19(10-15)28(32,33)34/h3-12H,2H2,1H3,(H,42,43)(H,44,45). The van der Waals surface area contributed by atoms with Crippen molar-refractivity contribution in [2.45, 2.75) is 19.3 Å². The second kappa shape index (κ2) is 12.0. The molecule has 0 saturated carbocycles. The number of aromatic carboxylic acids is 2. The van der Waals surface area contributed by atoms with Gasteiger partial charge in [-0.2, -0.15) is 26.3 Å². The van der Waals surface area contributed by atoms with Gasteiger partial charge in [0.15, 0.2) is 0 Å². The minimum Gasteiger partial charge on any atom is -0.478 e. The molecule has 242 valence electrons. The number of carboxylic acids is 2. The fourth-order valence-electron chi connectivity index (χ4n) is 4.33. The number of pyridine rings is 1. The van der Waals surface area contributed by atoms with Gasteiger partial charge >= 0.3 is 30.3 Å². The first-order valence-electron chi connectivity index (χ1n) is 13.0. The summed E-state index contributed by atoms with van der Waals surface area (Å²) < 4.78 is 88.2. The Balaban J connectivity index is 1.56. The summed E-state index contributed by atoms with van der Waals surface area (Å²) in [4.78, 5) is 39.6. The predicted octanol–water partition coefficient (Wildman–Crippen LogP) is 5.19. The second-order valence-electron chi connectivity index (χ2n) is 9.51. The fourth-order valence-corrected chi connectivity index (χ4v) is 4.33. The van der Waals surface area contributed by atoms with Crippen molar-refractivity contribution in [1.29, 1.82) is 0 Å². The summed E-state index contributed by atoms with van der Waals surface area (Å²) >= 11 is 0. The molecule has 13 nitrogen and oxygen atoms in total. The Morgan fingerprint density at radius 1 is 0.702 bits per heavy atom. The number of carbonyl (C=O) groups is 3. The third kappa shape index (κ3) is 6.63. The van der Waals surface area contributed by atoms with Crippen molar-refractivity contribution in [2.75, 3.05) is 6.61 Å². The largest absolute Gasteiger partial charge is 0.478 e. The van der Waals surface area contributed by atoms with E-state index in [1.807, 2.05) is 0 Å². The fraction of sp³-hybridized carbons (Fsp3) is 0.143. The molecule has 5 aromatic rings. The number of hydrogen-bond acceptors (Lipinski definition) is 9. The van der Waals surface area contributed by atoms with Crippen LogP contribution >= 0.6 is 0 Å². The van der Waals surface area contributed by atoms with E-state index in [1.165, 1.54) is 12.1 Å². The molecule has 0 radical (unpaired) electrons. The van der Waals surface area contributed by atoms with Gasteiger partial charge in [0.1, 0.15) is 11.4 Å². The summed E-state index contributed by atoms with van der Waals surface area (Å²) in [6.07, 6.45) is -7.67. The summed E-state index contributed by atoms with van der Waals surface area (Å²) in [6, 6.07) is 7.31. The Morgan fingerprint density at radius 3 is 1.49 bits per heavy atom. The maximum absolute atomic E-state index is 13.5. The Labute approximate surface area is 257 Å².